The molecular weight excluding hydrogens is 333 g/mol. The third-order valence-corrected chi connectivity index (χ3v) is 2.46. The summed E-state index contributed by atoms with van der Waals surface area (Å²) in [6.07, 6.45) is -2.90. The van der Waals surface area contributed by atoms with E-state index in [4.69, 9.17) is 5.73 Å². The van der Waals surface area contributed by atoms with Gasteiger partial charge in [0.05, 0.1) is 19.2 Å². The lowest BCUT2D eigenvalue weighted by atomic mass is 10.1. The second kappa shape index (κ2) is 5.37. The highest BCUT2D eigenvalue weighted by molar-refractivity contribution is 14.1. The maximum atomic E-state index is 12.5. The molecule has 0 radical (unpaired) electrons. The first-order chi connectivity index (χ1) is 7.45. The van der Waals surface area contributed by atoms with E-state index in [2.05, 4.69) is 9.72 Å². The van der Waals surface area contributed by atoms with E-state index in [-0.39, 0.29) is 12.1 Å². The minimum absolute atomic E-state index is 0.138. The van der Waals surface area contributed by atoms with Gasteiger partial charge in [0.2, 0.25) is 0 Å². The van der Waals surface area contributed by atoms with Crippen molar-refractivity contribution in [3.63, 3.8) is 0 Å². The van der Waals surface area contributed by atoms with Crippen molar-refractivity contribution in [3.8, 4) is 0 Å². The molecule has 0 aliphatic rings. The van der Waals surface area contributed by atoms with Crippen molar-refractivity contribution in [2.45, 2.75) is 12.8 Å². The van der Waals surface area contributed by atoms with Crippen molar-refractivity contribution in [2.75, 3.05) is 12.8 Å². The average molecular weight is 342 g/mol. The number of hydrogen-bond acceptors (Lipinski definition) is 4. The second-order valence-corrected chi connectivity index (χ2v) is 4.06. The number of aromatic nitrogens is 1. The number of anilines is 1. The number of carbonyl (C=O) groups excluding carboxylic acids is 1. The van der Waals surface area contributed by atoms with Gasteiger partial charge in [-0.2, -0.15) is 0 Å². The molecule has 4 nitrogen and oxygen atoms in total. The quantitative estimate of drug-likeness (QED) is 0.518. The number of nitrogens with zero attached hydrogens (tertiary/aromatic N) is 1. The fourth-order valence-corrected chi connectivity index (χ4v) is 1.77. The van der Waals surface area contributed by atoms with Crippen molar-refractivity contribution in [1.82, 2.24) is 4.98 Å². The van der Waals surface area contributed by atoms with Crippen molar-refractivity contribution in [3.05, 3.63) is 21.0 Å². The predicted octanol–water partition coefficient (Wildman–Crippen LogP) is 1.92. The molecule has 7 heteroatoms. The van der Waals surface area contributed by atoms with Crippen molar-refractivity contribution >= 4 is 34.2 Å². The lowest BCUT2D eigenvalue weighted by Crippen LogP contribution is -2.10. The lowest BCUT2D eigenvalue weighted by molar-refractivity contribution is -0.139. The lowest BCUT2D eigenvalue weighted by Gasteiger charge is -2.09. The number of nitrogens with two attached hydrogens (primary N) is 1. The van der Waals surface area contributed by atoms with E-state index >= 15 is 0 Å². The number of methoxy groups -OCH3 is 1. The maximum Gasteiger partial charge on any atom is 0.310 e. The zero-order valence-corrected chi connectivity index (χ0v) is 10.5. The summed E-state index contributed by atoms with van der Waals surface area (Å²) >= 11 is 1.79. The van der Waals surface area contributed by atoms with Gasteiger partial charge in [0.25, 0.3) is 6.43 Å². The Hall–Kier alpha value is -0.990. The van der Waals surface area contributed by atoms with E-state index in [0.29, 0.717) is 9.26 Å². The number of pyridine rings is 1. The minimum Gasteiger partial charge on any atom is -0.469 e. The van der Waals surface area contributed by atoms with Gasteiger partial charge < -0.3 is 10.5 Å². The normalized spacial score (nSPS) is 10.6. The zero-order valence-electron chi connectivity index (χ0n) is 8.34. The molecule has 0 aliphatic heterocycles. The summed E-state index contributed by atoms with van der Waals surface area (Å²) in [5.74, 6) is -0.533. The molecule has 16 heavy (non-hydrogen) atoms. The van der Waals surface area contributed by atoms with Gasteiger partial charge in [0.15, 0.2) is 0 Å². The molecule has 0 unspecified atom stereocenters. The maximum absolute atomic E-state index is 12.5. The van der Waals surface area contributed by atoms with Gasteiger partial charge in [-0.25, -0.2) is 13.8 Å². The standard InChI is InChI=1S/C9H9F2IN2O2/c1-16-6(15)3-4-2-5(12)14-8(7(4)13)9(10)11/h2,9H,3,13H2,1H3. The summed E-state index contributed by atoms with van der Waals surface area (Å²) in [7, 11) is 1.22. The number of nitrogen functional groups attached to an aromatic ring is 1. The van der Waals surface area contributed by atoms with Gasteiger partial charge in [-0.1, -0.05) is 0 Å². The molecule has 88 valence electrons. The molecule has 1 aromatic heterocycles. The van der Waals surface area contributed by atoms with Crippen LogP contribution >= 0.6 is 22.6 Å². The van der Waals surface area contributed by atoms with Gasteiger partial charge in [-0.05, 0) is 34.2 Å². The van der Waals surface area contributed by atoms with E-state index in [1.807, 2.05) is 0 Å². The Morgan fingerprint density at radius 2 is 2.31 bits per heavy atom. The van der Waals surface area contributed by atoms with Crippen LogP contribution in [0.1, 0.15) is 17.7 Å². The summed E-state index contributed by atoms with van der Waals surface area (Å²) in [5.41, 5.74) is 5.16. The Morgan fingerprint density at radius 1 is 1.69 bits per heavy atom. The molecule has 0 aliphatic carbocycles. The second-order valence-electron chi connectivity index (χ2n) is 2.96. The first kappa shape index (κ1) is 13.1. The van der Waals surface area contributed by atoms with E-state index in [0.717, 1.165) is 0 Å². The van der Waals surface area contributed by atoms with Crippen LogP contribution < -0.4 is 5.73 Å². The number of ether oxygens (including phenoxy) is 1. The number of hydrogen-bond donors (Lipinski definition) is 1. The molecule has 1 heterocycles. The molecule has 0 spiro atoms. The number of halogens is 3. The first-order valence-electron chi connectivity index (χ1n) is 4.25. The molecular formula is C9H9F2IN2O2. The summed E-state index contributed by atoms with van der Waals surface area (Å²) in [5, 5.41) is 0. The van der Waals surface area contributed by atoms with Crippen LogP contribution in [0.15, 0.2) is 6.07 Å². The van der Waals surface area contributed by atoms with Gasteiger partial charge >= 0.3 is 5.97 Å². The van der Waals surface area contributed by atoms with Crippen LogP contribution in [0.5, 0.6) is 0 Å². The average Bonchev–Trinajstić information content (AvgIpc) is 2.22. The molecule has 2 N–H and O–H groups in total. The summed E-state index contributed by atoms with van der Waals surface area (Å²) in [6.45, 7) is 0. The van der Waals surface area contributed by atoms with E-state index in [9.17, 15) is 13.6 Å². The molecule has 0 aromatic carbocycles. The first-order valence-corrected chi connectivity index (χ1v) is 5.33. The molecule has 0 atom stereocenters. The molecule has 0 bridgehead atoms. The fourth-order valence-electron chi connectivity index (χ4n) is 1.13. The summed E-state index contributed by atoms with van der Waals surface area (Å²) in [6, 6.07) is 1.48. The number of esters is 1. The van der Waals surface area contributed by atoms with E-state index in [1.54, 1.807) is 22.6 Å². The van der Waals surface area contributed by atoms with Crippen LogP contribution in [0.2, 0.25) is 0 Å². The van der Waals surface area contributed by atoms with Crippen molar-refractivity contribution in [1.29, 1.82) is 0 Å². The highest BCUT2D eigenvalue weighted by Gasteiger charge is 2.18. The summed E-state index contributed by atoms with van der Waals surface area (Å²) < 4.78 is 29.9. The largest absolute Gasteiger partial charge is 0.469 e. The number of rotatable bonds is 3. The number of carbonyl (C=O) groups is 1. The van der Waals surface area contributed by atoms with Crippen molar-refractivity contribution in [2.24, 2.45) is 0 Å². The third-order valence-electron chi connectivity index (χ3n) is 1.91. The fraction of sp³-hybridized carbons (Fsp3) is 0.333. The molecule has 0 fully saturated rings. The Kier molecular flexibility index (Phi) is 4.39. The smallest absolute Gasteiger partial charge is 0.310 e. The zero-order chi connectivity index (χ0) is 12.3. The van der Waals surface area contributed by atoms with E-state index < -0.39 is 18.1 Å². The van der Waals surface area contributed by atoms with Gasteiger partial charge in [0.1, 0.15) is 9.39 Å². The van der Waals surface area contributed by atoms with Gasteiger partial charge in [0, 0.05) is 0 Å². The van der Waals surface area contributed by atoms with Crippen LogP contribution in [-0.2, 0) is 16.0 Å². The SMILES string of the molecule is COC(=O)Cc1cc(I)nc(C(F)F)c1N. The Labute approximate surface area is 104 Å². The highest BCUT2D eigenvalue weighted by atomic mass is 127. The van der Waals surface area contributed by atoms with Gasteiger partial charge in [-0.3, -0.25) is 4.79 Å². The molecule has 0 saturated carbocycles. The monoisotopic (exact) mass is 342 g/mol. The van der Waals surface area contributed by atoms with E-state index in [1.165, 1.54) is 13.2 Å². The van der Waals surface area contributed by atoms with Crippen LogP contribution in [0.4, 0.5) is 14.5 Å². The third kappa shape index (κ3) is 3.00. The van der Waals surface area contributed by atoms with Crippen LogP contribution in [0.25, 0.3) is 0 Å². The Morgan fingerprint density at radius 3 is 2.81 bits per heavy atom. The minimum atomic E-state index is -2.76. The van der Waals surface area contributed by atoms with Crippen LogP contribution in [-0.4, -0.2) is 18.1 Å². The van der Waals surface area contributed by atoms with Gasteiger partial charge in [-0.15, -0.1) is 0 Å². The molecule has 0 saturated heterocycles. The topological polar surface area (TPSA) is 65.2 Å². The predicted molar refractivity (Wildman–Crippen MR) is 62.0 cm³/mol. The molecule has 1 rings (SSSR count). The Balaban J connectivity index is 3.14. The number of alkyl halides is 2. The Bertz CT molecular complexity index is 413. The van der Waals surface area contributed by atoms with Crippen LogP contribution in [0.3, 0.4) is 0 Å². The highest BCUT2D eigenvalue weighted by Crippen LogP contribution is 2.27. The summed E-state index contributed by atoms with van der Waals surface area (Å²) in [4.78, 5) is 14.7. The van der Waals surface area contributed by atoms with Crippen LogP contribution in [0, 0.1) is 3.70 Å². The molecule has 0 amide bonds. The molecule has 1 aromatic rings. The van der Waals surface area contributed by atoms with Crippen molar-refractivity contribution < 1.29 is 18.3 Å².